The molecular formula is C24H21FN4O3. The molecule has 2 heterocycles. The smallest absolute Gasteiger partial charge is 0.259 e. The lowest BCUT2D eigenvalue weighted by Crippen LogP contribution is -2.37. The first-order valence-corrected chi connectivity index (χ1v) is 10.0. The van der Waals surface area contributed by atoms with Gasteiger partial charge in [-0.3, -0.25) is 9.59 Å². The summed E-state index contributed by atoms with van der Waals surface area (Å²) in [4.78, 5) is 31.4. The first-order valence-electron chi connectivity index (χ1n) is 10.0. The van der Waals surface area contributed by atoms with Crippen LogP contribution in [0.5, 0.6) is 0 Å². The van der Waals surface area contributed by atoms with Gasteiger partial charge in [-0.05, 0) is 30.7 Å². The van der Waals surface area contributed by atoms with Crippen molar-refractivity contribution in [3.8, 4) is 11.3 Å². The maximum atomic E-state index is 14.3. The van der Waals surface area contributed by atoms with Crippen LogP contribution < -0.4 is 5.32 Å². The minimum atomic E-state index is -0.497. The highest BCUT2D eigenvalue weighted by atomic mass is 19.1. The van der Waals surface area contributed by atoms with E-state index in [1.165, 1.54) is 17.0 Å². The van der Waals surface area contributed by atoms with E-state index >= 15 is 0 Å². The number of rotatable bonds is 6. The molecule has 8 heteroatoms. The van der Waals surface area contributed by atoms with Gasteiger partial charge in [-0.25, -0.2) is 9.37 Å². The number of halogens is 1. The lowest BCUT2D eigenvalue weighted by Gasteiger charge is -2.17. The fourth-order valence-electron chi connectivity index (χ4n) is 3.41. The van der Waals surface area contributed by atoms with Gasteiger partial charge in [0.15, 0.2) is 0 Å². The van der Waals surface area contributed by atoms with Crippen molar-refractivity contribution in [2.75, 3.05) is 13.6 Å². The molecule has 2 amide bonds. The van der Waals surface area contributed by atoms with Crippen LogP contribution in [0, 0.1) is 12.7 Å². The highest BCUT2D eigenvalue weighted by Gasteiger charge is 2.21. The molecule has 0 unspecified atom stereocenters. The number of carbonyl (C=O) groups excluding carboxylic acids is 2. The molecule has 0 radical (unpaired) electrons. The van der Waals surface area contributed by atoms with Gasteiger partial charge in [-0.1, -0.05) is 47.6 Å². The molecule has 0 spiro atoms. The van der Waals surface area contributed by atoms with Gasteiger partial charge in [0.2, 0.25) is 5.91 Å². The van der Waals surface area contributed by atoms with Crippen molar-refractivity contribution in [2.24, 2.45) is 0 Å². The Morgan fingerprint density at radius 3 is 2.56 bits per heavy atom. The molecule has 0 fully saturated rings. The first kappa shape index (κ1) is 21.2. The minimum absolute atomic E-state index is 0.126. The van der Waals surface area contributed by atoms with Crippen molar-refractivity contribution in [3.63, 3.8) is 0 Å². The number of hydrogen-bond donors (Lipinski definition) is 1. The normalized spacial score (nSPS) is 10.8. The van der Waals surface area contributed by atoms with E-state index in [0.29, 0.717) is 17.6 Å². The van der Waals surface area contributed by atoms with Crippen LogP contribution in [-0.2, 0) is 11.3 Å². The van der Waals surface area contributed by atoms with E-state index in [9.17, 15) is 14.0 Å². The zero-order valence-electron chi connectivity index (χ0n) is 17.6. The number of hydrogen-bond acceptors (Lipinski definition) is 5. The fourth-order valence-corrected chi connectivity index (χ4v) is 3.41. The van der Waals surface area contributed by atoms with Crippen LogP contribution in [0.1, 0.15) is 21.6 Å². The monoisotopic (exact) mass is 432 g/mol. The van der Waals surface area contributed by atoms with E-state index in [4.69, 9.17) is 4.52 Å². The van der Waals surface area contributed by atoms with Gasteiger partial charge in [0.25, 0.3) is 11.6 Å². The largest absolute Gasteiger partial charge is 0.343 e. The van der Waals surface area contributed by atoms with Gasteiger partial charge in [-0.15, -0.1) is 0 Å². The second kappa shape index (κ2) is 8.97. The predicted molar refractivity (Wildman–Crippen MR) is 117 cm³/mol. The van der Waals surface area contributed by atoms with E-state index in [0.717, 1.165) is 5.56 Å². The van der Waals surface area contributed by atoms with Crippen molar-refractivity contribution in [2.45, 2.75) is 13.5 Å². The summed E-state index contributed by atoms with van der Waals surface area (Å²) in [6.07, 6.45) is 0. The molecule has 0 aliphatic rings. The quantitative estimate of drug-likeness (QED) is 0.502. The zero-order valence-corrected chi connectivity index (χ0v) is 17.6. The Kier molecular flexibility index (Phi) is 5.93. The maximum Gasteiger partial charge on any atom is 0.259 e. The van der Waals surface area contributed by atoms with Crippen LogP contribution in [0.25, 0.3) is 22.4 Å². The van der Waals surface area contributed by atoms with Crippen molar-refractivity contribution in [3.05, 3.63) is 83.3 Å². The average Bonchev–Trinajstić information content (AvgIpc) is 3.18. The third kappa shape index (κ3) is 4.34. The molecule has 4 aromatic rings. The summed E-state index contributed by atoms with van der Waals surface area (Å²) in [6, 6.07) is 17.2. The van der Waals surface area contributed by atoms with Crippen LogP contribution in [0.3, 0.4) is 0 Å². The molecule has 0 saturated carbocycles. The van der Waals surface area contributed by atoms with Gasteiger partial charge in [-0.2, -0.15) is 0 Å². The van der Waals surface area contributed by atoms with Crippen LogP contribution >= 0.6 is 0 Å². The van der Waals surface area contributed by atoms with Crippen molar-refractivity contribution in [1.29, 1.82) is 0 Å². The number of benzene rings is 2. The second-order valence-electron chi connectivity index (χ2n) is 7.40. The summed E-state index contributed by atoms with van der Waals surface area (Å²) >= 11 is 0. The maximum absolute atomic E-state index is 14.3. The molecule has 32 heavy (non-hydrogen) atoms. The van der Waals surface area contributed by atoms with Gasteiger partial charge < -0.3 is 14.7 Å². The number of nitrogens with one attached hydrogen (secondary N) is 1. The number of likely N-dealkylation sites (N-methyl/N-ethyl adjacent to an activating group) is 1. The third-order valence-electron chi connectivity index (χ3n) is 5.10. The Morgan fingerprint density at radius 2 is 1.81 bits per heavy atom. The van der Waals surface area contributed by atoms with Crippen LogP contribution in [0.4, 0.5) is 4.39 Å². The topological polar surface area (TPSA) is 88.3 Å². The Balaban J connectivity index is 1.56. The molecule has 2 aromatic carbocycles. The molecule has 0 saturated heterocycles. The lowest BCUT2D eigenvalue weighted by atomic mass is 10.0. The van der Waals surface area contributed by atoms with Gasteiger partial charge in [0.1, 0.15) is 5.82 Å². The van der Waals surface area contributed by atoms with Crippen molar-refractivity contribution < 1.29 is 18.5 Å². The number of aryl methyl sites for hydroxylation is 1. The highest BCUT2D eigenvalue weighted by Crippen LogP contribution is 2.28. The van der Waals surface area contributed by atoms with E-state index in [1.54, 1.807) is 32.2 Å². The average molecular weight is 432 g/mol. The number of nitrogens with zero attached hydrogens (tertiary/aromatic N) is 3. The van der Waals surface area contributed by atoms with E-state index in [2.05, 4.69) is 15.5 Å². The van der Waals surface area contributed by atoms with Gasteiger partial charge in [0.05, 0.1) is 28.9 Å². The lowest BCUT2D eigenvalue weighted by molar-refractivity contribution is -0.129. The molecule has 1 N–H and O–H groups in total. The standard InChI is InChI=1S/C24H21FN4O3/c1-15-22-18(12-20(27-24(22)32-28-15)17-10-6-7-11-19(17)25)23(31)26-13-21(30)29(2)14-16-8-4-3-5-9-16/h3-12H,13-14H2,1-2H3,(H,26,31). The third-order valence-corrected chi connectivity index (χ3v) is 5.10. The second-order valence-corrected chi connectivity index (χ2v) is 7.40. The van der Waals surface area contributed by atoms with Gasteiger partial charge >= 0.3 is 0 Å². The molecule has 0 aliphatic heterocycles. The molecule has 0 bridgehead atoms. The summed E-state index contributed by atoms with van der Waals surface area (Å²) < 4.78 is 19.5. The Labute approximate surface area is 183 Å². The number of fused-ring (bicyclic) bond motifs is 1. The molecule has 162 valence electrons. The minimum Gasteiger partial charge on any atom is -0.343 e. The van der Waals surface area contributed by atoms with Crippen LogP contribution in [0.2, 0.25) is 0 Å². The number of pyridine rings is 1. The van der Waals surface area contributed by atoms with Crippen molar-refractivity contribution >= 4 is 22.9 Å². The molecule has 4 rings (SSSR count). The van der Waals surface area contributed by atoms with E-state index in [1.807, 2.05) is 30.3 Å². The van der Waals surface area contributed by atoms with Crippen LogP contribution in [-0.4, -0.2) is 40.4 Å². The molecule has 2 aromatic heterocycles. The SMILES string of the molecule is Cc1noc2nc(-c3ccccc3F)cc(C(=O)NCC(=O)N(C)Cc3ccccc3)c12. The Hall–Kier alpha value is -4.07. The van der Waals surface area contributed by atoms with Crippen LogP contribution in [0.15, 0.2) is 65.2 Å². The molecular weight excluding hydrogens is 411 g/mol. The summed E-state index contributed by atoms with van der Waals surface area (Å²) in [5.41, 5.74) is 2.28. The summed E-state index contributed by atoms with van der Waals surface area (Å²) in [5, 5.41) is 6.95. The van der Waals surface area contributed by atoms with Gasteiger partial charge in [0, 0.05) is 19.2 Å². The Morgan fingerprint density at radius 1 is 1.09 bits per heavy atom. The number of carbonyl (C=O) groups is 2. The number of aromatic nitrogens is 2. The summed E-state index contributed by atoms with van der Waals surface area (Å²) in [7, 11) is 1.67. The first-order chi connectivity index (χ1) is 15.4. The number of amides is 2. The molecule has 7 nitrogen and oxygen atoms in total. The molecule has 0 atom stereocenters. The molecule has 0 aliphatic carbocycles. The highest BCUT2D eigenvalue weighted by molar-refractivity contribution is 6.07. The summed E-state index contributed by atoms with van der Waals surface area (Å²) in [5.74, 6) is -1.22. The zero-order chi connectivity index (χ0) is 22.7. The van der Waals surface area contributed by atoms with E-state index in [-0.39, 0.29) is 35.0 Å². The summed E-state index contributed by atoms with van der Waals surface area (Å²) in [6.45, 7) is 1.93. The fraction of sp³-hybridized carbons (Fsp3) is 0.167. The van der Waals surface area contributed by atoms with E-state index < -0.39 is 11.7 Å². The Bertz CT molecular complexity index is 1290. The van der Waals surface area contributed by atoms with Crippen molar-refractivity contribution in [1.82, 2.24) is 20.4 Å². The predicted octanol–water partition coefficient (Wildman–Crippen LogP) is 3.73.